The molecule has 0 bridgehead atoms. The molecular weight excluding hydrogens is 498 g/mol. The summed E-state index contributed by atoms with van der Waals surface area (Å²) < 4.78 is 0. The number of hydrogen-bond donors (Lipinski definition) is 0. The molecule has 0 saturated carbocycles. The summed E-state index contributed by atoms with van der Waals surface area (Å²) in [5.74, 6) is 0. The van der Waals surface area contributed by atoms with Crippen molar-refractivity contribution in [2.45, 2.75) is 19.3 Å². The molecule has 0 fully saturated rings. The smallest absolute Gasteiger partial charge is 0.0885 e. The third-order valence-electron chi connectivity index (χ3n) is 8.55. The first kappa shape index (κ1) is 23.7. The zero-order valence-electron chi connectivity index (χ0n) is 23.0. The van der Waals surface area contributed by atoms with Gasteiger partial charge in [-0.2, -0.15) is 0 Å². The van der Waals surface area contributed by atoms with Crippen molar-refractivity contribution in [2.24, 2.45) is 0 Å². The summed E-state index contributed by atoms with van der Waals surface area (Å²) in [7, 11) is 0. The number of fused-ring (bicyclic) bond motifs is 6. The topological polar surface area (TPSA) is 38.7 Å². The van der Waals surface area contributed by atoms with E-state index in [0.717, 1.165) is 33.7 Å². The molecule has 3 nitrogen and oxygen atoms in total. The molecule has 0 spiro atoms. The van der Waals surface area contributed by atoms with Gasteiger partial charge in [-0.25, -0.2) is 4.98 Å². The Morgan fingerprint density at radius 2 is 1.20 bits per heavy atom. The molecular formula is C38H27N3. The van der Waals surface area contributed by atoms with Gasteiger partial charge >= 0.3 is 0 Å². The molecule has 2 aromatic heterocycles. The average Bonchev–Trinajstić information content (AvgIpc) is 3.26. The predicted molar refractivity (Wildman–Crippen MR) is 169 cm³/mol. The lowest BCUT2D eigenvalue weighted by Gasteiger charge is -2.25. The summed E-state index contributed by atoms with van der Waals surface area (Å²) in [6.45, 7) is 4.66. The molecule has 0 radical (unpaired) electrons. The minimum Gasteiger partial charge on any atom is -0.252 e. The number of aromatic nitrogens is 3. The zero-order chi connectivity index (χ0) is 27.6. The molecule has 194 valence electrons. The van der Waals surface area contributed by atoms with Gasteiger partial charge in [0.2, 0.25) is 0 Å². The maximum absolute atomic E-state index is 5.31. The Hall–Kier alpha value is -5.15. The van der Waals surface area contributed by atoms with Gasteiger partial charge in [0.05, 0.1) is 35.0 Å². The quantitative estimate of drug-likeness (QED) is 0.216. The number of rotatable bonds is 3. The molecule has 0 saturated heterocycles. The van der Waals surface area contributed by atoms with Crippen LogP contribution in [0.15, 0.2) is 128 Å². The van der Waals surface area contributed by atoms with Crippen molar-refractivity contribution in [3.8, 4) is 44.9 Å². The minimum absolute atomic E-state index is 0.184. The lowest BCUT2D eigenvalue weighted by molar-refractivity contribution is 0.662. The van der Waals surface area contributed by atoms with Crippen LogP contribution >= 0.6 is 0 Å². The van der Waals surface area contributed by atoms with Crippen LogP contribution < -0.4 is 0 Å². The van der Waals surface area contributed by atoms with Crippen LogP contribution in [-0.4, -0.2) is 15.0 Å². The highest BCUT2D eigenvalue weighted by Crippen LogP contribution is 2.53. The molecule has 3 heteroatoms. The third kappa shape index (κ3) is 3.63. The second kappa shape index (κ2) is 8.94. The Labute approximate surface area is 239 Å². The number of benzene rings is 5. The lowest BCUT2D eigenvalue weighted by atomic mass is 9.78. The fourth-order valence-corrected chi connectivity index (χ4v) is 6.54. The fourth-order valence-electron chi connectivity index (χ4n) is 6.54. The summed E-state index contributed by atoms with van der Waals surface area (Å²) in [5, 5.41) is 3.66. The van der Waals surface area contributed by atoms with Crippen LogP contribution in [0.5, 0.6) is 0 Å². The van der Waals surface area contributed by atoms with Crippen molar-refractivity contribution in [3.63, 3.8) is 0 Å². The maximum Gasteiger partial charge on any atom is 0.0885 e. The van der Waals surface area contributed by atoms with Crippen molar-refractivity contribution in [3.05, 3.63) is 139 Å². The minimum atomic E-state index is -0.184. The first-order valence-electron chi connectivity index (χ1n) is 14.0. The van der Waals surface area contributed by atoms with Gasteiger partial charge in [-0.15, -0.1) is 0 Å². The van der Waals surface area contributed by atoms with E-state index in [1.54, 1.807) is 0 Å². The van der Waals surface area contributed by atoms with Crippen LogP contribution in [0, 0.1) is 0 Å². The highest BCUT2D eigenvalue weighted by molar-refractivity contribution is 6.15. The summed E-state index contributed by atoms with van der Waals surface area (Å²) in [4.78, 5) is 14.8. The van der Waals surface area contributed by atoms with Gasteiger partial charge in [0.1, 0.15) is 0 Å². The van der Waals surface area contributed by atoms with E-state index in [1.807, 2.05) is 30.6 Å². The van der Waals surface area contributed by atoms with Crippen LogP contribution in [0.4, 0.5) is 0 Å². The zero-order valence-corrected chi connectivity index (χ0v) is 23.0. The molecule has 0 amide bonds. The van der Waals surface area contributed by atoms with Crippen LogP contribution in [0.2, 0.25) is 0 Å². The summed E-state index contributed by atoms with van der Waals surface area (Å²) in [5.41, 5.74) is 12.1. The van der Waals surface area contributed by atoms with Crippen LogP contribution in [0.25, 0.3) is 66.6 Å². The van der Waals surface area contributed by atoms with Crippen LogP contribution in [0.3, 0.4) is 0 Å². The van der Waals surface area contributed by atoms with Crippen molar-refractivity contribution in [1.29, 1.82) is 0 Å². The monoisotopic (exact) mass is 525 g/mol. The SMILES string of the molecule is CC1(C)c2ccccc2-c2nc3ccc4ccccc4c3c(-c3ccc(-c4cnc(-c5ccccc5)cn4)cc3)c21. The van der Waals surface area contributed by atoms with E-state index in [4.69, 9.17) is 15.0 Å². The molecule has 5 aromatic carbocycles. The molecule has 1 aliphatic carbocycles. The largest absolute Gasteiger partial charge is 0.252 e. The van der Waals surface area contributed by atoms with Gasteiger partial charge in [-0.1, -0.05) is 123 Å². The van der Waals surface area contributed by atoms with E-state index in [-0.39, 0.29) is 5.41 Å². The van der Waals surface area contributed by atoms with Crippen LogP contribution in [0.1, 0.15) is 25.0 Å². The second-order valence-electron chi connectivity index (χ2n) is 11.3. The Kier molecular flexibility index (Phi) is 5.17. The molecule has 8 rings (SSSR count). The summed E-state index contributed by atoms with van der Waals surface area (Å²) in [6, 6.07) is 40.7. The normalized spacial score (nSPS) is 13.3. The van der Waals surface area contributed by atoms with Crippen molar-refractivity contribution >= 4 is 21.7 Å². The molecule has 7 aromatic rings. The fraction of sp³-hybridized carbons (Fsp3) is 0.0789. The lowest BCUT2D eigenvalue weighted by Crippen LogP contribution is -2.16. The summed E-state index contributed by atoms with van der Waals surface area (Å²) >= 11 is 0. The van der Waals surface area contributed by atoms with E-state index >= 15 is 0 Å². The Balaban J connectivity index is 1.33. The first-order valence-corrected chi connectivity index (χ1v) is 14.0. The molecule has 2 heterocycles. The highest BCUT2D eigenvalue weighted by atomic mass is 14.8. The molecule has 41 heavy (non-hydrogen) atoms. The number of pyridine rings is 1. The second-order valence-corrected chi connectivity index (χ2v) is 11.3. The summed E-state index contributed by atoms with van der Waals surface area (Å²) in [6.07, 6.45) is 3.72. The van der Waals surface area contributed by atoms with Crippen molar-refractivity contribution < 1.29 is 0 Å². The molecule has 1 aliphatic rings. The Morgan fingerprint density at radius 3 is 1.95 bits per heavy atom. The van der Waals surface area contributed by atoms with Gasteiger partial charge in [-0.3, -0.25) is 9.97 Å². The first-order chi connectivity index (χ1) is 20.1. The van der Waals surface area contributed by atoms with Gasteiger partial charge in [-0.05, 0) is 39.1 Å². The molecule has 0 atom stereocenters. The van der Waals surface area contributed by atoms with Gasteiger partial charge in [0.15, 0.2) is 0 Å². The average molecular weight is 526 g/mol. The molecule has 0 unspecified atom stereocenters. The van der Waals surface area contributed by atoms with Crippen molar-refractivity contribution in [1.82, 2.24) is 15.0 Å². The Bertz CT molecular complexity index is 2090. The van der Waals surface area contributed by atoms with E-state index in [9.17, 15) is 0 Å². The third-order valence-corrected chi connectivity index (χ3v) is 8.55. The number of hydrogen-bond acceptors (Lipinski definition) is 3. The predicted octanol–water partition coefficient (Wildman–Crippen LogP) is 9.49. The number of nitrogens with zero attached hydrogens (tertiary/aromatic N) is 3. The van der Waals surface area contributed by atoms with Gasteiger partial charge < -0.3 is 0 Å². The maximum atomic E-state index is 5.31. The van der Waals surface area contributed by atoms with Crippen molar-refractivity contribution in [2.75, 3.05) is 0 Å². The van der Waals surface area contributed by atoms with Gasteiger partial charge in [0, 0.05) is 27.5 Å². The molecule has 0 aliphatic heterocycles. The highest BCUT2D eigenvalue weighted by Gasteiger charge is 2.39. The van der Waals surface area contributed by atoms with E-state index in [0.29, 0.717) is 0 Å². The van der Waals surface area contributed by atoms with E-state index < -0.39 is 0 Å². The van der Waals surface area contributed by atoms with Gasteiger partial charge in [0.25, 0.3) is 0 Å². The van der Waals surface area contributed by atoms with E-state index in [2.05, 4.69) is 111 Å². The molecule has 0 N–H and O–H groups in total. The van der Waals surface area contributed by atoms with E-state index in [1.165, 1.54) is 44.0 Å². The van der Waals surface area contributed by atoms with Crippen LogP contribution in [-0.2, 0) is 5.41 Å². The standard InChI is InChI=1S/C38H27N3/c1-38(2)30-15-9-8-14-29(30)37-36(38)34(35-28-13-7-6-10-24(28)20-21-31(35)41-37)27-18-16-26(17-19-27)33-23-39-32(22-40-33)25-11-4-3-5-12-25/h3-23H,1-2H3. The Morgan fingerprint density at radius 1 is 0.561 bits per heavy atom.